The van der Waals surface area contributed by atoms with Gasteiger partial charge in [0.2, 0.25) is 0 Å². The molecule has 0 bridgehead atoms. The summed E-state index contributed by atoms with van der Waals surface area (Å²) in [6.07, 6.45) is 2.03. The Morgan fingerprint density at radius 1 is 1.56 bits per heavy atom. The van der Waals surface area contributed by atoms with Crippen molar-refractivity contribution in [3.8, 4) is 0 Å². The zero-order chi connectivity index (χ0) is 7.07. The molecule has 1 heteroatoms. The third-order valence-electron chi connectivity index (χ3n) is 2.07. The van der Waals surface area contributed by atoms with E-state index in [1.165, 1.54) is 5.57 Å². The minimum Gasteiger partial charge on any atom is -0.390 e. The maximum absolute atomic E-state index is 9.41. The molecule has 0 aliphatic heterocycles. The van der Waals surface area contributed by atoms with Crippen molar-refractivity contribution in [1.82, 2.24) is 0 Å². The average molecular weight is 126 g/mol. The highest BCUT2D eigenvalue weighted by Crippen LogP contribution is 2.38. The van der Waals surface area contributed by atoms with Crippen LogP contribution in [0.4, 0.5) is 0 Å². The molecule has 0 radical (unpaired) electrons. The first-order valence-corrected chi connectivity index (χ1v) is 3.39. The second kappa shape index (κ2) is 1.84. The van der Waals surface area contributed by atoms with Crippen LogP contribution in [0.25, 0.3) is 0 Å². The molecule has 1 N–H and O–H groups in total. The molecule has 9 heavy (non-hydrogen) atoms. The SMILES string of the molecule is C=C1CC(C(C)(C)O)C1. The smallest absolute Gasteiger partial charge is 0.0625 e. The van der Waals surface area contributed by atoms with E-state index in [-0.39, 0.29) is 0 Å². The van der Waals surface area contributed by atoms with Gasteiger partial charge in [-0.25, -0.2) is 0 Å². The second-order valence-corrected chi connectivity index (χ2v) is 3.51. The lowest BCUT2D eigenvalue weighted by Gasteiger charge is -2.37. The summed E-state index contributed by atoms with van der Waals surface area (Å²) in [7, 11) is 0. The van der Waals surface area contributed by atoms with Crippen LogP contribution in [0.5, 0.6) is 0 Å². The lowest BCUT2D eigenvalue weighted by Crippen LogP contribution is -2.36. The van der Waals surface area contributed by atoms with Gasteiger partial charge in [0.1, 0.15) is 0 Å². The van der Waals surface area contributed by atoms with Crippen molar-refractivity contribution < 1.29 is 5.11 Å². The highest BCUT2D eigenvalue weighted by atomic mass is 16.3. The van der Waals surface area contributed by atoms with Gasteiger partial charge in [-0.05, 0) is 32.6 Å². The maximum atomic E-state index is 9.41. The Labute approximate surface area is 56.4 Å². The largest absolute Gasteiger partial charge is 0.390 e. The average Bonchev–Trinajstić information content (AvgIpc) is 1.55. The molecule has 0 unspecified atom stereocenters. The molecule has 1 rings (SSSR count). The Bertz CT molecular complexity index is 122. The number of hydrogen-bond donors (Lipinski definition) is 1. The molecule has 0 heterocycles. The van der Waals surface area contributed by atoms with Crippen LogP contribution in [0.3, 0.4) is 0 Å². The van der Waals surface area contributed by atoms with Gasteiger partial charge < -0.3 is 5.11 Å². The van der Waals surface area contributed by atoms with E-state index in [1.807, 2.05) is 13.8 Å². The summed E-state index contributed by atoms with van der Waals surface area (Å²) in [5, 5.41) is 9.41. The molecule has 52 valence electrons. The molecule has 0 atom stereocenters. The minimum absolute atomic E-state index is 0.463. The van der Waals surface area contributed by atoms with Crippen LogP contribution in [0.2, 0.25) is 0 Å². The number of allylic oxidation sites excluding steroid dienone is 1. The van der Waals surface area contributed by atoms with Crippen LogP contribution in [-0.2, 0) is 0 Å². The molecule has 0 aromatic carbocycles. The van der Waals surface area contributed by atoms with Crippen molar-refractivity contribution in [2.75, 3.05) is 0 Å². The molecule has 0 amide bonds. The predicted molar refractivity (Wildman–Crippen MR) is 38.2 cm³/mol. The second-order valence-electron chi connectivity index (χ2n) is 3.51. The number of aliphatic hydroxyl groups is 1. The van der Waals surface area contributed by atoms with Crippen LogP contribution in [0, 0.1) is 5.92 Å². The third kappa shape index (κ3) is 1.33. The monoisotopic (exact) mass is 126 g/mol. The van der Waals surface area contributed by atoms with Crippen LogP contribution in [-0.4, -0.2) is 10.7 Å². The fourth-order valence-electron chi connectivity index (χ4n) is 1.14. The van der Waals surface area contributed by atoms with Crippen LogP contribution in [0.15, 0.2) is 12.2 Å². The molecule has 1 aliphatic carbocycles. The van der Waals surface area contributed by atoms with Gasteiger partial charge in [0.15, 0.2) is 0 Å². The van der Waals surface area contributed by atoms with E-state index in [2.05, 4.69) is 6.58 Å². The molecule has 1 fully saturated rings. The molecule has 1 saturated carbocycles. The molecule has 0 aromatic rings. The first-order chi connectivity index (χ1) is 4.00. The van der Waals surface area contributed by atoms with Crippen molar-refractivity contribution in [2.45, 2.75) is 32.3 Å². The molecular weight excluding hydrogens is 112 g/mol. The highest BCUT2D eigenvalue weighted by Gasteiger charge is 2.33. The molecular formula is C8H14O. The van der Waals surface area contributed by atoms with Gasteiger partial charge in [-0.15, -0.1) is 0 Å². The highest BCUT2D eigenvalue weighted by molar-refractivity contribution is 5.11. The fraction of sp³-hybridized carbons (Fsp3) is 0.750. The summed E-state index contributed by atoms with van der Waals surface area (Å²) in [5.74, 6) is 0.463. The normalized spacial score (nSPS) is 21.9. The predicted octanol–water partition coefficient (Wildman–Crippen LogP) is 1.72. The summed E-state index contributed by atoms with van der Waals surface area (Å²) in [6.45, 7) is 7.54. The third-order valence-corrected chi connectivity index (χ3v) is 2.07. The van der Waals surface area contributed by atoms with Gasteiger partial charge in [0.25, 0.3) is 0 Å². The van der Waals surface area contributed by atoms with Crippen molar-refractivity contribution in [2.24, 2.45) is 5.92 Å². The Balaban J connectivity index is 2.40. The molecule has 1 aliphatic rings. The van der Waals surface area contributed by atoms with Gasteiger partial charge in [-0.2, -0.15) is 0 Å². The van der Waals surface area contributed by atoms with Crippen molar-refractivity contribution in [3.63, 3.8) is 0 Å². The van der Waals surface area contributed by atoms with E-state index in [0.717, 1.165) is 12.8 Å². The quantitative estimate of drug-likeness (QED) is 0.530. The summed E-state index contributed by atoms with van der Waals surface area (Å²) in [4.78, 5) is 0. The zero-order valence-corrected chi connectivity index (χ0v) is 6.15. The van der Waals surface area contributed by atoms with E-state index in [4.69, 9.17) is 0 Å². The summed E-state index contributed by atoms with van der Waals surface area (Å²) in [5.41, 5.74) is 0.795. The molecule has 0 aromatic heterocycles. The van der Waals surface area contributed by atoms with Crippen LogP contribution < -0.4 is 0 Å². The van der Waals surface area contributed by atoms with E-state index >= 15 is 0 Å². The van der Waals surface area contributed by atoms with Gasteiger partial charge >= 0.3 is 0 Å². The summed E-state index contributed by atoms with van der Waals surface area (Å²) in [6, 6.07) is 0. The van der Waals surface area contributed by atoms with E-state index in [1.54, 1.807) is 0 Å². The first kappa shape index (κ1) is 6.81. The van der Waals surface area contributed by atoms with Crippen molar-refractivity contribution >= 4 is 0 Å². The summed E-state index contributed by atoms with van der Waals surface area (Å²) < 4.78 is 0. The number of hydrogen-bond acceptors (Lipinski definition) is 1. The van der Waals surface area contributed by atoms with E-state index < -0.39 is 5.60 Å². The Kier molecular flexibility index (Phi) is 1.39. The lowest BCUT2D eigenvalue weighted by atomic mass is 9.72. The van der Waals surface area contributed by atoms with Gasteiger partial charge in [0.05, 0.1) is 5.60 Å². The van der Waals surface area contributed by atoms with Crippen molar-refractivity contribution in [1.29, 1.82) is 0 Å². The first-order valence-electron chi connectivity index (χ1n) is 3.39. The molecule has 1 nitrogen and oxygen atoms in total. The van der Waals surface area contributed by atoms with E-state index in [9.17, 15) is 5.11 Å². The molecule has 0 spiro atoms. The minimum atomic E-state index is -0.485. The standard InChI is InChI=1S/C8H14O/c1-6-4-7(5-6)8(2,3)9/h7,9H,1,4-5H2,2-3H3. The summed E-state index contributed by atoms with van der Waals surface area (Å²) >= 11 is 0. The number of rotatable bonds is 1. The van der Waals surface area contributed by atoms with E-state index in [0.29, 0.717) is 5.92 Å². The van der Waals surface area contributed by atoms with Crippen LogP contribution >= 0.6 is 0 Å². The van der Waals surface area contributed by atoms with Gasteiger partial charge in [-0.1, -0.05) is 12.2 Å². The fourth-order valence-corrected chi connectivity index (χ4v) is 1.14. The lowest BCUT2D eigenvalue weighted by molar-refractivity contribution is 0.000277. The van der Waals surface area contributed by atoms with Crippen molar-refractivity contribution in [3.05, 3.63) is 12.2 Å². The Hall–Kier alpha value is -0.300. The molecule has 0 saturated heterocycles. The van der Waals surface area contributed by atoms with Gasteiger partial charge in [-0.3, -0.25) is 0 Å². The Morgan fingerprint density at radius 3 is 2.11 bits per heavy atom. The van der Waals surface area contributed by atoms with Gasteiger partial charge in [0, 0.05) is 0 Å². The Morgan fingerprint density at radius 2 is 2.00 bits per heavy atom. The van der Waals surface area contributed by atoms with Crippen LogP contribution in [0.1, 0.15) is 26.7 Å². The maximum Gasteiger partial charge on any atom is 0.0625 e. The zero-order valence-electron chi connectivity index (χ0n) is 6.15. The topological polar surface area (TPSA) is 20.2 Å².